The summed E-state index contributed by atoms with van der Waals surface area (Å²) in [5, 5.41) is 3.55. The van der Waals surface area contributed by atoms with Crippen molar-refractivity contribution >= 4 is 0 Å². The van der Waals surface area contributed by atoms with Crippen LogP contribution in [0.2, 0.25) is 0 Å². The van der Waals surface area contributed by atoms with Gasteiger partial charge in [0, 0.05) is 19.7 Å². The van der Waals surface area contributed by atoms with E-state index in [-0.39, 0.29) is 0 Å². The van der Waals surface area contributed by atoms with E-state index in [9.17, 15) is 0 Å². The van der Waals surface area contributed by atoms with Crippen molar-refractivity contribution in [3.63, 3.8) is 0 Å². The molecule has 0 radical (unpaired) electrons. The van der Waals surface area contributed by atoms with Crippen LogP contribution in [-0.4, -0.2) is 46.1 Å². The Bertz CT molecular complexity index is 167. The van der Waals surface area contributed by atoms with E-state index in [0.717, 1.165) is 19.7 Å². The summed E-state index contributed by atoms with van der Waals surface area (Å²) in [6.45, 7) is 3.85. The van der Waals surface area contributed by atoms with Gasteiger partial charge in [-0.15, -0.1) is 0 Å². The average Bonchev–Trinajstić information content (AvgIpc) is 2.34. The van der Waals surface area contributed by atoms with Gasteiger partial charge in [0.05, 0.1) is 19.8 Å². The zero-order valence-electron chi connectivity index (χ0n) is 10.4. The molecule has 4 heteroatoms. The lowest BCUT2D eigenvalue weighted by Gasteiger charge is -2.31. The Morgan fingerprint density at radius 3 is 2.75 bits per heavy atom. The van der Waals surface area contributed by atoms with Crippen molar-refractivity contribution in [2.24, 2.45) is 11.7 Å². The minimum Gasteiger partial charge on any atom is -0.382 e. The maximum Gasteiger partial charge on any atom is 0.0700 e. The monoisotopic (exact) mass is 230 g/mol. The van der Waals surface area contributed by atoms with Crippen LogP contribution in [0.4, 0.5) is 0 Å². The number of nitrogens with one attached hydrogen (secondary N) is 1. The van der Waals surface area contributed by atoms with E-state index in [2.05, 4.69) is 5.32 Å². The van der Waals surface area contributed by atoms with Crippen LogP contribution < -0.4 is 11.1 Å². The van der Waals surface area contributed by atoms with Gasteiger partial charge in [-0.2, -0.15) is 0 Å². The molecule has 0 aromatic heterocycles. The largest absolute Gasteiger partial charge is 0.382 e. The molecule has 0 aliphatic heterocycles. The molecule has 3 N–H and O–H groups in total. The van der Waals surface area contributed by atoms with E-state index in [1.54, 1.807) is 7.11 Å². The highest BCUT2D eigenvalue weighted by molar-refractivity contribution is 4.81. The quantitative estimate of drug-likeness (QED) is 0.604. The molecule has 16 heavy (non-hydrogen) atoms. The Kier molecular flexibility index (Phi) is 7.76. The van der Waals surface area contributed by atoms with Gasteiger partial charge < -0.3 is 20.5 Å². The number of nitrogens with two attached hydrogens (primary N) is 1. The summed E-state index contributed by atoms with van der Waals surface area (Å²) >= 11 is 0. The maximum absolute atomic E-state index is 5.78. The van der Waals surface area contributed by atoms with Crippen molar-refractivity contribution in [2.45, 2.75) is 31.7 Å². The predicted octanol–water partition coefficient (Wildman–Crippen LogP) is 0.757. The van der Waals surface area contributed by atoms with E-state index in [1.165, 1.54) is 25.7 Å². The molecule has 0 saturated heterocycles. The molecule has 1 rings (SSSR count). The van der Waals surface area contributed by atoms with Gasteiger partial charge in [0.15, 0.2) is 0 Å². The van der Waals surface area contributed by atoms with Crippen LogP contribution >= 0.6 is 0 Å². The Hall–Kier alpha value is -0.160. The summed E-state index contributed by atoms with van der Waals surface area (Å²) in [5.74, 6) is 0.660. The van der Waals surface area contributed by atoms with E-state index in [0.29, 0.717) is 25.2 Å². The van der Waals surface area contributed by atoms with Crippen LogP contribution in [0, 0.1) is 5.92 Å². The highest BCUT2D eigenvalue weighted by Crippen LogP contribution is 2.23. The fourth-order valence-electron chi connectivity index (χ4n) is 2.32. The smallest absolute Gasteiger partial charge is 0.0700 e. The second kappa shape index (κ2) is 8.93. The van der Waals surface area contributed by atoms with E-state index < -0.39 is 0 Å². The molecule has 2 unspecified atom stereocenters. The molecule has 0 aromatic carbocycles. The summed E-state index contributed by atoms with van der Waals surface area (Å²) in [6, 6.07) is 0.602. The van der Waals surface area contributed by atoms with Crippen molar-refractivity contribution in [3.05, 3.63) is 0 Å². The molecule has 0 heterocycles. The summed E-state index contributed by atoms with van der Waals surface area (Å²) < 4.78 is 10.3. The number of rotatable bonds is 8. The van der Waals surface area contributed by atoms with Crippen LogP contribution in [-0.2, 0) is 9.47 Å². The van der Waals surface area contributed by atoms with Crippen LogP contribution in [0.3, 0.4) is 0 Å². The molecular weight excluding hydrogens is 204 g/mol. The molecular formula is C12H26N2O2. The van der Waals surface area contributed by atoms with Crippen LogP contribution in [0.5, 0.6) is 0 Å². The summed E-state index contributed by atoms with van der Waals surface area (Å²) in [6.07, 6.45) is 5.21. The Balaban J connectivity index is 2.02. The molecule has 0 amide bonds. The van der Waals surface area contributed by atoms with Gasteiger partial charge in [-0.05, 0) is 25.3 Å². The highest BCUT2D eigenvalue weighted by atomic mass is 16.5. The van der Waals surface area contributed by atoms with Crippen LogP contribution in [0.25, 0.3) is 0 Å². The molecule has 1 fully saturated rings. The Morgan fingerprint density at radius 2 is 2.00 bits per heavy atom. The van der Waals surface area contributed by atoms with Gasteiger partial charge in [-0.3, -0.25) is 0 Å². The normalized spacial score (nSPS) is 25.9. The fraction of sp³-hybridized carbons (Fsp3) is 1.00. The minimum atomic E-state index is 0.602. The lowest BCUT2D eigenvalue weighted by molar-refractivity contribution is 0.0694. The third-order valence-corrected chi connectivity index (χ3v) is 3.30. The molecule has 0 aromatic rings. The topological polar surface area (TPSA) is 56.5 Å². The highest BCUT2D eigenvalue weighted by Gasteiger charge is 2.22. The van der Waals surface area contributed by atoms with Gasteiger partial charge in [-0.25, -0.2) is 0 Å². The van der Waals surface area contributed by atoms with Gasteiger partial charge in [0.2, 0.25) is 0 Å². The molecule has 96 valence electrons. The summed E-state index contributed by atoms with van der Waals surface area (Å²) in [4.78, 5) is 0. The number of hydrogen-bond donors (Lipinski definition) is 2. The average molecular weight is 230 g/mol. The minimum absolute atomic E-state index is 0.602. The summed E-state index contributed by atoms with van der Waals surface area (Å²) in [7, 11) is 1.69. The van der Waals surface area contributed by atoms with Gasteiger partial charge in [0.25, 0.3) is 0 Å². The molecule has 1 aliphatic carbocycles. The van der Waals surface area contributed by atoms with Crippen molar-refractivity contribution in [3.8, 4) is 0 Å². The first-order chi connectivity index (χ1) is 7.88. The lowest BCUT2D eigenvalue weighted by atomic mass is 9.84. The number of methoxy groups -OCH3 is 1. The number of hydrogen-bond acceptors (Lipinski definition) is 4. The lowest BCUT2D eigenvalue weighted by Crippen LogP contribution is -2.43. The molecule has 1 aliphatic rings. The van der Waals surface area contributed by atoms with Crippen molar-refractivity contribution in [1.29, 1.82) is 0 Å². The van der Waals surface area contributed by atoms with Gasteiger partial charge in [0.1, 0.15) is 0 Å². The standard InChI is InChI=1S/C12H26N2O2/c1-15-8-9-16-7-6-14-12-5-3-2-4-11(12)10-13/h11-12,14H,2-10,13H2,1H3. The first-order valence-electron chi connectivity index (χ1n) is 6.38. The molecule has 0 bridgehead atoms. The van der Waals surface area contributed by atoms with Crippen molar-refractivity contribution < 1.29 is 9.47 Å². The third kappa shape index (κ3) is 5.25. The SMILES string of the molecule is COCCOCCNC1CCCCC1CN. The maximum atomic E-state index is 5.78. The first kappa shape index (κ1) is 13.9. The zero-order chi connectivity index (χ0) is 11.6. The molecule has 0 spiro atoms. The summed E-state index contributed by atoms with van der Waals surface area (Å²) in [5.41, 5.74) is 5.78. The van der Waals surface area contributed by atoms with E-state index >= 15 is 0 Å². The van der Waals surface area contributed by atoms with Gasteiger partial charge >= 0.3 is 0 Å². The molecule has 1 saturated carbocycles. The predicted molar refractivity (Wildman–Crippen MR) is 65.5 cm³/mol. The van der Waals surface area contributed by atoms with E-state index in [4.69, 9.17) is 15.2 Å². The third-order valence-electron chi connectivity index (χ3n) is 3.30. The van der Waals surface area contributed by atoms with Crippen molar-refractivity contribution in [2.75, 3.05) is 40.0 Å². The van der Waals surface area contributed by atoms with Gasteiger partial charge in [-0.1, -0.05) is 12.8 Å². The molecule has 2 atom stereocenters. The number of ether oxygens (including phenoxy) is 2. The van der Waals surface area contributed by atoms with Crippen LogP contribution in [0.15, 0.2) is 0 Å². The van der Waals surface area contributed by atoms with Crippen molar-refractivity contribution in [1.82, 2.24) is 5.32 Å². The Labute approximate surface area is 98.9 Å². The van der Waals surface area contributed by atoms with Crippen LogP contribution in [0.1, 0.15) is 25.7 Å². The fourth-order valence-corrected chi connectivity index (χ4v) is 2.32. The Morgan fingerprint density at radius 1 is 1.19 bits per heavy atom. The zero-order valence-corrected chi connectivity index (χ0v) is 10.4. The first-order valence-corrected chi connectivity index (χ1v) is 6.38. The second-order valence-electron chi connectivity index (χ2n) is 4.45. The molecule has 4 nitrogen and oxygen atoms in total. The van der Waals surface area contributed by atoms with E-state index in [1.807, 2.05) is 0 Å². The second-order valence-corrected chi connectivity index (χ2v) is 4.45.